The van der Waals surface area contributed by atoms with E-state index in [1.165, 1.54) is 0 Å². The van der Waals surface area contributed by atoms with E-state index in [4.69, 9.17) is 18.9 Å². The van der Waals surface area contributed by atoms with Gasteiger partial charge in [-0.15, -0.1) is 0 Å². The predicted octanol–water partition coefficient (Wildman–Crippen LogP) is 4.03. The summed E-state index contributed by atoms with van der Waals surface area (Å²) >= 11 is 0. The molecule has 0 fully saturated rings. The molecule has 0 saturated heterocycles. The van der Waals surface area contributed by atoms with Crippen LogP contribution in [-0.4, -0.2) is 52.6 Å². The van der Waals surface area contributed by atoms with E-state index in [0.29, 0.717) is 49.8 Å². The zero-order valence-electron chi connectivity index (χ0n) is 19.9. The van der Waals surface area contributed by atoms with Gasteiger partial charge in [0.1, 0.15) is 18.3 Å². The Bertz CT molecular complexity index is 902. The largest absolute Gasteiger partial charge is 0.497 e. The summed E-state index contributed by atoms with van der Waals surface area (Å²) in [6, 6.07) is 12.6. The number of nitrogens with one attached hydrogen (secondary N) is 1. The van der Waals surface area contributed by atoms with Gasteiger partial charge in [-0.3, -0.25) is 9.59 Å². The summed E-state index contributed by atoms with van der Waals surface area (Å²) in [7, 11) is 3.13. The number of anilines is 2. The average Bonchev–Trinajstić information content (AvgIpc) is 2.82. The highest BCUT2D eigenvalue weighted by atomic mass is 16.7. The number of rotatable bonds is 14. The zero-order valence-corrected chi connectivity index (χ0v) is 19.9. The summed E-state index contributed by atoms with van der Waals surface area (Å²) in [5.74, 6) is 1.07. The van der Waals surface area contributed by atoms with Crippen molar-refractivity contribution in [2.45, 2.75) is 33.1 Å². The van der Waals surface area contributed by atoms with Crippen molar-refractivity contribution in [2.75, 3.05) is 51.0 Å². The Kier molecular flexibility index (Phi) is 11.2. The molecule has 0 saturated carbocycles. The number of amides is 2. The number of hydrogen-bond donors (Lipinski definition) is 1. The summed E-state index contributed by atoms with van der Waals surface area (Å²) in [5.41, 5.74) is 2.11. The highest BCUT2D eigenvalue weighted by Gasteiger charge is 2.15. The van der Waals surface area contributed by atoms with Crippen LogP contribution in [0.4, 0.5) is 11.4 Å². The van der Waals surface area contributed by atoms with E-state index in [1.54, 1.807) is 43.4 Å². The molecule has 0 heterocycles. The molecule has 0 radical (unpaired) electrons. The Morgan fingerprint density at radius 3 is 2.52 bits per heavy atom. The maximum absolute atomic E-state index is 12.7. The first-order valence-corrected chi connectivity index (χ1v) is 11.1. The SMILES string of the molecule is CCOCOCCCC(=O)N(CC)c1cccc(NC(=O)Cc2ccc(OC)cc2OC)c1. The van der Waals surface area contributed by atoms with Gasteiger partial charge < -0.3 is 29.2 Å². The molecule has 2 rings (SSSR count). The van der Waals surface area contributed by atoms with E-state index in [0.717, 1.165) is 11.3 Å². The van der Waals surface area contributed by atoms with Crippen LogP contribution in [0, 0.1) is 0 Å². The topological polar surface area (TPSA) is 86.3 Å². The van der Waals surface area contributed by atoms with Gasteiger partial charge in [-0.1, -0.05) is 12.1 Å². The molecule has 0 unspecified atom stereocenters. The molecule has 2 aromatic rings. The lowest BCUT2D eigenvalue weighted by Crippen LogP contribution is -2.30. The normalized spacial score (nSPS) is 10.5. The van der Waals surface area contributed by atoms with E-state index < -0.39 is 0 Å². The zero-order chi connectivity index (χ0) is 24.1. The van der Waals surface area contributed by atoms with Crippen LogP contribution in [0.25, 0.3) is 0 Å². The summed E-state index contributed by atoms with van der Waals surface area (Å²) in [6.45, 7) is 5.66. The van der Waals surface area contributed by atoms with E-state index in [-0.39, 0.29) is 25.0 Å². The van der Waals surface area contributed by atoms with Crippen molar-refractivity contribution in [1.29, 1.82) is 0 Å². The summed E-state index contributed by atoms with van der Waals surface area (Å²) in [5, 5.41) is 2.90. The second-order valence-corrected chi connectivity index (χ2v) is 7.21. The lowest BCUT2D eigenvalue weighted by Gasteiger charge is -2.22. The highest BCUT2D eigenvalue weighted by molar-refractivity contribution is 5.96. The Hall–Kier alpha value is -3.10. The van der Waals surface area contributed by atoms with Crippen LogP contribution in [-0.2, 0) is 25.5 Å². The first kappa shape index (κ1) is 26.2. The van der Waals surface area contributed by atoms with Crippen LogP contribution >= 0.6 is 0 Å². The third-order valence-corrected chi connectivity index (χ3v) is 4.95. The van der Waals surface area contributed by atoms with Gasteiger partial charge in [0.15, 0.2) is 0 Å². The first-order valence-electron chi connectivity index (χ1n) is 11.1. The second-order valence-electron chi connectivity index (χ2n) is 7.21. The fourth-order valence-electron chi connectivity index (χ4n) is 3.29. The van der Waals surface area contributed by atoms with Crippen LogP contribution < -0.4 is 19.7 Å². The third-order valence-electron chi connectivity index (χ3n) is 4.95. The van der Waals surface area contributed by atoms with Crippen molar-refractivity contribution >= 4 is 23.2 Å². The van der Waals surface area contributed by atoms with E-state index >= 15 is 0 Å². The van der Waals surface area contributed by atoms with Gasteiger partial charge in [0.05, 0.1) is 20.6 Å². The van der Waals surface area contributed by atoms with E-state index in [2.05, 4.69) is 5.32 Å². The monoisotopic (exact) mass is 458 g/mol. The third kappa shape index (κ3) is 8.40. The van der Waals surface area contributed by atoms with Crippen LogP contribution in [0.2, 0.25) is 0 Å². The van der Waals surface area contributed by atoms with E-state index in [1.807, 2.05) is 32.0 Å². The smallest absolute Gasteiger partial charge is 0.228 e. The van der Waals surface area contributed by atoms with Gasteiger partial charge in [-0.05, 0) is 44.5 Å². The number of hydrogen-bond acceptors (Lipinski definition) is 6. The summed E-state index contributed by atoms with van der Waals surface area (Å²) < 4.78 is 21.0. The Morgan fingerprint density at radius 1 is 1.00 bits per heavy atom. The quantitative estimate of drug-likeness (QED) is 0.340. The van der Waals surface area contributed by atoms with Crippen LogP contribution in [0.3, 0.4) is 0 Å². The van der Waals surface area contributed by atoms with Crippen molar-refractivity contribution in [2.24, 2.45) is 0 Å². The molecule has 0 aliphatic heterocycles. The number of nitrogens with zero attached hydrogens (tertiary/aromatic N) is 1. The van der Waals surface area contributed by atoms with Crippen molar-refractivity contribution in [3.63, 3.8) is 0 Å². The molecule has 0 bridgehead atoms. The van der Waals surface area contributed by atoms with Crippen LogP contribution in [0.5, 0.6) is 11.5 Å². The summed E-state index contributed by atoms with van der Waals surface area (Å²) in [4.78, 5) is 27.0. The molecule has 0 aliphatic carbocycles. The molecular formula is C25H34N2O6. The molecule has 33 heavy (non-hydrogen) atoms. The molecule has 8 nitrogen and oxygen atoms in total. The number of carbonyl (C=O) groups is 2. The molecule has 0 spiro atoms. The van der Waals surface area contributed by atoms with Gasteiger partial charge in [0, 0.05) is 49.2 Å². The first-order chi connectivity index (χ1) is 16.0. The van der Waals surface area contributed by atoms with Gasteiger partial charge in [0.2, 0.25) is 11.8 Å². The van der Waals surface area contributed by atoms with Gasteiger partial charge in [-0.2, -0.15) is 0 Å². The number of carbonyl (C=O) groups excluding carboxylic acids is 2. The molecule has 0 aliphatic rings. The lowest BCUT2D eigenvalue weighted by molar-refractivity contribution is -0.119. The maximum Gasteiger partial charge on any atom is 0.228 e. The van der Waals surface area contributed by atoms with Crippen LogP contribution in [0.15, 0.2) is 42.5 Å². The number of benzene rings is 2. The minimum atomic E-state index is -0.184. The molecule has 180 valence electrons. The fraction of sp³-hybridized carbons (Fsp3) is 0.440. The molecule has 1 N–H and O–H groups in total. The van der Waals surface area contributed by atoms with Crippen molar-refractivity contribution in [3.8, 4) is 11.5 Å². The van der Waals surface area contributed by atoms with Crippen molar-refractivity contribution < 1.29 is 28.5 Å². The average molecular weight is 459 g/mol. The fourth-order valence-corrected chi connectivity index (χ4v) is 3.29. The lowest BCUT2D eigenvalue weighted by atomic mass is 10.1. The molecule has 8 heteroatoms. The van der Waals surface area contributed by atoms with Crippen LogP contribution in [0.1, 0.15) is 32.3 Å². The Labute approximate surface area is 195 Å². The molecule has 0 aromatic heterocycles. The van der Waals surface area contributed by atoms with Crippen molar-refractivity contribution in [3.05, 3.63) is 48.0 Å². The molecule has 2 amide bonds. The maximum atomic E-state index is 12.7. The Balaban J connectivity index is 1.97. The number of ether oxygens (including phenoxy) is 4. The predicted molar refractivity (Wildman–Crippen MR) is 128 cm³/mol. The van der Waals surface area contributed by atoms with Gasteiger partial charge in [0.25, 0.3) is 0 Å². The minimum absolute atomic E-state index is 0.00366. The second kappa shape index (κ2) is 14.1. The minimum Gasteiger partial charge on any atom is -0.497 e. The Morgan fingerprint density at radius 2 is 1.82 bits per heavy atom. The van der Waals surface area contributed by atoms with Gasteiger partial charge in [-0.25, -0.2) is 0 Å². The standard InChI is InChI=1S/C25H34N2O6/c1-5-27(25(29)11-8-14-33-18-32-6-2)21-10-7-9-20(16-21)26-24(28)15-19-12-13-22(30-3)17-23(19)31-4/h7,9-10,12-13,16-17H,5-6,8,11,14-15,18H2,1-4H3,(H,26,28). The highest BCUT2D eigenvalue weighted by Crippen LogP contribution is 2.26. The summed E-state index contributed by atoms with van der Waals surface area (Å²) in [6.07, 6.45) is 1.13. The van der Waals surface area contributed by atoms with E-state index in [9.17, 15) is 9.59 Å². The number of methoxy groups -OCH3 is 2. The molecular weight excluding hydrogens is 424 g/mol. The molecule has 2 aromatic carbocycles. The molecule has 0 atom stereocenters. The van der Waals surface area contributed by atoms with Crippen molar-refractivity contribution in [1.82, 2.24) is 0 Å². The van der Waals surface area contributed by atoms with Gasteiger partial charge >= 0.3 is 0 Å².